The van der Waals surface area contributed by atoms with E-state index in [4.69, 9.17) is 0 Å². The lowest BCUT2D eigenvalue weighted by Crippen LogP contribution is -2.36. The van der Waals surface area contributed by atoms with Gasteiger partial charge in [0, 0.05) is 36.8 Å². The van der Waals surface area contributed by atoms with Gasteiger partial charge in [-0.25, -0.2) is 9.07 Å². The maximum absolute atomic E-state index is 13.1. The zero-order chi connectivity index (χ0) is 21.8. The van der Waals surface area contributed by atoms with E-state index in [1.807, 2.05) is 30.3 Å². The topological polar surface area (TPSA) is 84.3 Å². The van der Waals surface area contributed by atoms with Crippen LogP contribution in [0.4, 0.5) is 10.1 Å². The van der Waals surface area contributed by atoms with Gasteiger partial charge in [-0.15, -0.1) is 0 Å². The number of nitrogens with one attached hydrogen (secondary N) is 1. The number of carbonyl (C=O) groups is 2. The maximum atomic E-state index is 13.1. The molecule has 0 bridgehead atoms. The highest BCUT2D eigenvalue weighted by molar-refractivity contribution is 6.00. The highest BCUT2D eigenvalue weighted by atomic mass is 19.1. The number of halogens is 1. The summed E-state index contributed by atoms with van der Waals surface area (Å²) in [7, 11) is 0. The molecule has 1 unspecified atom stereocenters. The number of rotatable bonds is 6. The van der Waals surface area contributed by atoms with Crippen LogP contribution in [0.1, 0.15) is 6.42 Å². The van der Waals surface area contributed by atoms with Gasteiger partial charge < -0.3 is 10.2 Å². The third-order valence-electron chi connectivity index (χ3n) is 5.19. The van der Waals surface area contributed by atoms with Crippen molar-refractivity contribution in [1.29, 1.82) is 0 Å². The average Bonchev–Trinajstić information content (AvgIpc) is 3.18. The van der Waals surface area contributed by atoms with Gasteiger partial charge in [-0.3, -0.25) is 14.4 Å². The molecule has 1 fully saturated rings. The van der Waals surface area contributed by atoms with Crippen molar-refractivity contribution in [2.45, 2.75) is 13.0 Å². The quantitative estimate of drug-likeness (QED) is 0.663. The Morgan fingerprint density at radius 3 is 2.52 bits per heavy atom. The molecule has 0 aliphatic carbocycles. The molecule has 31 heavy (non-hydrogen) atoms. The predicted molar refractivity (Wildman–Crippen MR) is 114 cm³/mol. The van der Waals surface area contributed by atoms with Gasteiger partial charge in [0.2, 0.25) is 11.8 Å². The van der Waals surface area contributed by atoms with E-state index < -0.39 is 5.92 Å². The number of carbonyl (C=O) groups excluding carboxylic acids is 2. The lowest BCUT2D eigenvalue weighted by molar-refractivity contribution is -0.126. The molecule has 0 spiro atoms. The van der Waals surface area contributed by atoms with Gasteiger partial charge in [0.05, 0.1) is 18.2 Å². The summed E-state index contributed by atoms with van der Waals surface area (Å²) in [6.45, 7) is 0.663. The standard InChI is InChI=1S/C23H21FN4O3/c24-18-6-8-19(9-7-18)27-15-17(14-22(27)30)23(31)25-12-13-28-21(29)11-10-20(26-28)16-4-2-1-3-5-16/h1-11,17H,12-15H2,(H,25,31). The summed E-state index contributed by atoms with van der Waals surface area (Å²) in [6, 6.07) is 18.2. The number of nitrogens with zero attached hydrogens (tertiary/aromatic N) is 3. The zero-order valence-electron chi connectivity index (χ0n) is 16.7. The number of benzene rings is 2. The minimum absolute atomic E-state index is 0.0882. The van der Waals surface area contributed by atoms with Crippen LogP contribution in [0.25, 0.3) is 11.3 Å². The van der Waals surface area contributed by atoms with Gasteiger partial charge in [0.25, 0.3) is 5.56 Å². The van der Waals surface area contributed by atoms with Crippen LogP contribution in [0.3, 0.4) is 0 Å². The second kappa shape index (κ2) is 8.91. The summed E-state index contributed by atoms with van der Waals surface area (Å²) >= 11 is 0. The monoisotopic (exact) mass is 420 g/mol. The molecule has 8 heteroatoms. The molecule has 2 amide bonds. The van der Waals surface area contributed by atoms with E-state index >= 15 is 0 Å². The van der Waals surface area contributed by atoms with E-state index in [-0.39, 0.29) is 49.2 Å². The largest absolute Gasteiger partial charge is 0.354 e. The van der Waals surface area contributed by atoms with Crippen molar-refractivity contribution in [3.63, 3.8) is 0 Å². The first-order valence-corrected chi connectivity index (χ1v) is 9.98. The molecule has 0 radical (unpaired) electrons. The average molecular weight is 420 g/mol. The molecule has 1 N–H and O–H groups in total. The summed E-state index contributed by atoms with van der Waals surface area (Å²) in [6.07, 6.45) is 0.0882. The number of aromatic nitrogens is 2. The Kier molecular flexibility index (Phi) is 5.88. The zero-order valence-corrected chi connectivity index (χ0v) is 16.7. The van der Waals surface area contributed by atoms with E-state index in [1.165, 1.54) is 39.9 Å². The smallest absolute Gasteiger partial charge is 0.266 e. The van der Waals surface area contributed by atoms with Gasteiger partial charge in [-0.05, 0) is 30.3 Å². The first-order chi connectivity index (χ1) is 15.0. The molecule has 1 saturated heterocycles. The molecule has 1 aliphatic rings. The molecule has 7 nitrogen and oxygen atoms in total. The first kappa shape index (κ1) is 20.5. The summed E-state index contributed by atoms with van der Waals surface area (Å²) in [5.74, 6) is -1.33. The molecule has 1 aliphatic heterocycles. The summed E-state index contributed by atoms with van der Waals surface area (Å²) in [4.78, 5) is 38.4. The van der Waals surface area contributed by atoms with Crippen LogP contribution < -0.4 is 15.8 Å². The summed E-state index contributed by atoms with van der Waals surface area (Å²) in [5, 5.41) is 7.15. The van der Waals surface area contributed by atoms with Crippen molar-refractivity contribution in [3.8, 4) is 11.3 Å². The second-order valence-corrected chi connectivity index (χ2v) is 7.32. The molecule has 2 heterocycles. The Labute approximate surface area is 178 Å². The van der Waals surface area contributed by atoms with Gasteiger partial charge in [-0.1, -0.05) is 30.3 Å². The highest BCUT2D eigenvalue weighted by Gasteiger charge is 2.34. The maximum Gasteiger partial charge on any atom is 0.266 e. The van der Waals surface area contributed by atoms with Crippen LogP contribution in [-0.4, -0.2) is 34.7 Å². The first-order valence-electron chi connectivity index (χ1n) is 9.98. The van der Waals surface area contributed by atoms with E-state index in [0.717, 1.165) is 5.56 Å². The van der Waals surface area contributed by atoms with Gasteiger partial charge >= 0.3 is 0 Å². The van der Waals surface area contributed by atoms with E-state index in [9.17, 15) is 18.8 Å². The van der Waals surface area contributed by atoms with Crippen LogP contribution in [-0.2, 0) is 16.1 Å². The van der Waals surface area contributed by atoms with Crippen LogP contribution in [0.2, 0.25) is 0 Å². The van der Waals surface area contributed by atoms with Gasteiger partial charge in [0.1, 0.15) is 5.82 Å². The minimum Gasteiger partial charge on any atom is -0.354 e. The Hall–Kier alpha value is -3.81. The number of anilines is 1. The lowest BCUT2D eigenvalue weighted by Gasteiger charge is -2.16. The van der Waals surface area contributed by atoms with Crippen molar-refractivity contribution in [1.82, 2.24) is 15.1 Å². The van der Waals surface area contributed by atoms with E-state index in [0.29, 0.717) is 11.4 Å². The lowest BCUT2D eigenvalue weighted by atomic mass is 10.1. The Morgan fingerprint density at radius 1 is 1.03 bits per heavy atom. The molecular formula is C23H21FN4O3. The van der Waals surface area contributed by atoms with Crippen LogP contribution >= 0.6 is 0 Å². The van der Waals surface area contributed by atoms with Crippen LogP contribution in [0.15, 0.2) is 71.5 Å². The summed E-state index contributed by atoms with van der Waals surface area (Å²) in [5.41, 5.74) is 1.87. The Balaban J connectivity index is 1.35. The molecule has 1 atom stereocenters. The van der Waals surface area contributed by atoms with Crippen molar-refractivity contribution in [2.24, 2.45) is 5.92 Å². The molecule has 158 valence electrons. The van der Waals surface area contributed by atoms with E-state index in [1.54, 1.807) is 6.07 Å². The van der Waals surface area contributed by atoms with Crippen molar-refractivity contribution >= 4 is 17.5 Å². The number of amides is 2. The third kappa shape index (κ3) is 4.69. The van der Waals surface area contributed by atoms with Gasteiger partial charge in [-0.2, -0.15) is 5.10 Å². The van der Waals surface area contributed by atoms with E-state index in [2.05, 4.69) is 10.4 Å². The fourth-order valence-electron chi connectivity index (χ4n) is 3.56. The van der Waals surface area contributed by atoms with Crippen molar-refractivity contribution in [2.75, 3.05) is 18.0 Å². The summed E-state index contributed by atoms with van der Waals surface area (Å²) < 4.78 is 14.4. The van der Waals surface area contributed by atoms with Gasteiger partial charge in [0.15, 0.2) is 0 Å². The molecule has 0 saturated carbocycles. The van der Waals surface area contributed by atoms with Crippen LogP contribution in [0.5, 0.6) is 0 Å². The highest BCUT2D eigenvalue weighted by Crippen LogP contribution is 2.25. The SMILES string of the molecule is O=C(NCCn1nc(-c2ccccc2)ccc1=O)C1CC(=O)N(c2ccc(F)cc2)C1. The fraction of sp³-hybridized carbons (Fsp3) is 0.217. The van der Waals surface area contributed by atoms with Crippen molar-refractivity contribution in [3.05, 3.63) is 82.9 Å². The Bertz CT molecular complexity index is 1150. The second-order valence-electron chi connectivity index (χ2n) is 7.32. The molecule has 2 aromatic carbocycles. The Morgan fingerprint density at radius 2 is 1.77 bits per heavy atom. The molecule has 4 rings (SSSR count). The number of hydrogen-bond acceptors (Lipinski definition) is 4. The minimum atomic E-state index is -0.502. The molecular weight excluding hydrogens is 399 g/mol. The molecule has 3 aromatic rings. The molecule has 1 aromatic heterocycles. The van der Waals surface area contributed by atoms with Crippen LogP contribution in [0, 0.1) is 11.7 Å². The predicted octanol–water partition coefficient (Wildman–Crippen LogP) is 2.22. The number of hydrogen-bond donors (Lipinski definition) is 1. The fourth-order valence-corrected chi connectivity index (χ4v) is 3.56. The third-order valence-corrected chi connectivity index (χ3v) is 5.19. The van der Waals surface area contributed by atoms with Crippen molar-refractivity contribution < 1.29 is 14.0 Å². The normalized spacial score (nSPS) is 15.8.